The molecule has 1 unspecified atom stereocenters. The van der Waals surface area contributed by atoms with E-state index in [4.69, 9.17) is 11.6 Å². The molecule has 1 atom stereocenters. The van der Waals surface area contributed by atoms with Crippen LogP contribution in [0.2, 0.25) is 5.02 Å². The van der Waals surface area contributed by atoms with Gasteiger partial charge in [0.05, 0.1) is 0 Å². The van der Waals surface area contributed by atoms with Crippen molar-refractivity contribution in [1.29, 1.82) is 0 Å². The van der Waals surface area contributed by atoms with Gasteiger partial charge in [0.15, 0.2) is 0 Å². The van der Waals surface area contributed by atoms with Crippen LogP contribution < -0.4 is 0 Å². The Hall–Kier alpha value is -0.970. The lowest BCUT2D eigenvalue weighted by molar-refractivity contribution is 0.217. The highest BCUT2D eigenvalue weighted by molar-refractivity contribution is 6.31. The molecule has 17 heavy (non-hydrogen) atoms. The first-order valence-corrected chi connectivity index (χ1v) is 6.47. The Morgan fingerprint density at radius 2 is 2.12 bits per heavy atom. The Morgan fingerprint density at radius 1 is 1.35 bits per heavy atom. The molecule has 0 radical (unpaired) electrons. The molecule has 0 aliphatic rings. The van der Waals surface area contributed by atoms with E-state index in [0.29, 0.717) is 0 Å². The number of aliphatic hydroxyl groups is 1. The maximum Gasteiger partial charge on any atom is 0.115 e. The van der Waals surface area contributed by atoms with Crippen molar-refractivity contribution in [2.45, 2.75) is 45.6 Å². The van der Waals surface area contributed by atoms with Gasteiger partial charge in [0.2, 0.25) is 0 Å². The summed E-state index contributed by atoms with van der Waals surface area (Å²) in [5.41, 5.74) is 1.87. The van der Waals surface area contributed by atoms with Crippen molar-refractivity contribution in [2.24, 2.45) is 0 Å². The third-order valence-electron chi connectivity index (χ3n) is 2.72. The largest absolute Gasteiger partial charge is 0.380 e. The van der Waals surface area contributed by atoms with Crippen molar-refractivity contribution in [3.05, 3.63) is 34.3 Å². The Balaban J connectivity index is 2.61. The second kappa shape index (κ2) is 7.37. The van der Waals surface area contributed by atoms with E-state index < -0.39 is 6.10 Å². The van der Waals surface area contributed by atoms with Crippen LogP contribution in [0, 0.1) is 18.8 Å². The number of hydrogen-bond donors (Lipinski definition) is 1. The Labute approximate surface area is 109 Å². The summed E-state index contributed by atoms with van der Waals surface area (Å²) in [6.45, 7) is 4.09. The molecular weight excluding hydrogens is 232 g/mol. The van der Waals surface area contributed by atoms with Crippen molar-refractivity contribution in [2.75, 3.05) is 0 Å². The zero-order valence-electron chi connectivity index (χ0n) is 10.5. The van der Waals surface area contributed by atoms with E-state index in [1.165, 1.54) is 0 Å². The fraction of sp³-hybridized carbons (Fsp3) is 0.467. The van der Waals surface area contributed by atoms with Gasteiger partial charge < -0.3 is 5.11 Å². The van der Waals surface area contributed by atoms with Gasteiger partial charge in [-0.15, -0.1) is 0 Å². The molecule has 0 aliphatic carbocycles. The lowest BCUT2D eigenvalue weighted by atomic mass is 10.1. The first kappa shape index (κ1) is 14.1. The first-order valence-electron chi connectivity index (χ1n) is 6.10. The Bertz CT molecular complexity index is 415. The van der Waals surface area contributed by atoms with Crippen molar-refractivity contribution >= 4 is 11.6 Å². The lowest BCUT2D eigenvalue weighted by Gasteiger charge is -2.02. The molecule has 0 spiro atoms. The van der Waals surface area contributed by atoms with Crippen LogP contribution in [0.4, 0.5) is 0 Å². The van der Waals surface area contributed by atoms with Gasteiger partial charge in [-0.1, -0.05) is 49.3 Å². The molecule has 1 N–H and O–H groups in total. The smallest absolute Gasteiger partial charge is 0.115 e. The molecule has 0 saturated carbocycles. The summed E-state index contributed by atoms with van der Waals surface area (Å²) in [6, 6.07) is 5.65. The van der Waals surface area contributed by atoms with Crippen molar-refractivity contribution in [1.82, 2.24) is 0 Å². The summed E-state index contributed by atoms with van der Waals surface area (Å²) in [4.78, 5) is 0. The lowest BCUT2D eigenvalue weighted by Crippen LogP contribution is -2.02. The molecule has 0 aromatic heterocycles. The highest BCUT2D eigenvalue weighted by atomic mass is 35.5. The van der Waals surface area contributed by atoms with Gasteiger partial charge in [0.25, 0.3) is 0 Å². The average molecular weight is 251 g/mol. The van der Waals surface area contributed by atoms with Gasteiger partial charge in [0, 0.05) is 10.6 Å². The van der Waals surface area contributed by atoms with E-state index >= 15 is 0 Å². The number of rotatable bonds is 4. The highest BCUT2D eigenvalue weighted by Gasteiger charge is 2.00. The van der Waals surface area contributed by atoms with E-state index in [-0.39, 0.29) is 0 Å². The van der Waals surface area contributed by atoms with E-state index in [1.807, 2.05) is 25.1 Å². The summed E-state index contributed by atoms with van der Waals surface area (Å²) in [6.07, 6.45) is 3.56. The van der Waals surface area contributed by atoms with Crippen LogP contribution in [-0.4, -0.2) is 11.2 Å². The second-order valence-electron chi connectivity index (χ2n) is 4.19. The molecule has 0 bridgehead atoms. The maximum atomic E-state index is 9.69. The minimum atomic E-state index is -0.528. The van der Waals surface area contributed by atoms with Gasteiger partial charge in [-0.2, -0.15) is 0 Å². The predicted octanol–water partition coefficient (Wildman–Crippen LogP) is 3.94. The monoisotopic (exact) mass is 250 g/mol. The normalized spacial score (nSPS) is 11.8. The van der Waals surface area contributed by atoms with Crippen LogP contribution in [0.25, 0.3) is 0 Å². The predicted molar refractivity (Wildman–Crippen MR) is 73.2 cm³/mol. The average Bonchev–Trinajstić information content (AvgIpc) is 2.31. The van der Waals surface area contributed by atoms with Crippen molar-refractivity contribution < 1.29 is 5.11 Å². The van der Waals surface area contributed by atoms with Crippen LogP contribution in [0.3, 0.4) is 0 Å². The molecule has 1 aromatic carbocycles. The number of aliphatic hydroxyl groups excluding tert-OH is 1. The van der Waals surface area contributed by atoms with Crippen molar-refractivity contribution in [3.63, 3.8) is 0 Å². The van der Waals surface area contributed by atoms with E-state index in [9.17, 15) is 5.11 Å². The van der Waals surface area contributed by atoms with E-state index in [0.717, 1.165) is 41.8 Å². The Kier molecular flexibility index (Phi) is 6.11. The maximum absolute atomic E-state index is 9.69. The fourth-order valence-electron chi connectivity index (χ4n) is 1.56. The number of halogens is 1. The quantitative estimate of drug-likeness (QED) is 0.634. The SMILES string of the molecule is CCCCCC(O)C#Cc1cccc(Cl)c1C. The summed E-state index contributed by atoms with van der Waals surface area (Å²) in [5.74, 6) is 5.87. The molecule has 2 heteroatoms. The van der Waals surface area contributed by atoms with Gasteiger partial charge in [0.1, 0.15) is 6.10 Å². The first-order chi connectivity index (χ1) is 8.15. The van der Waals surface area contributed by atoms with Gasteiger partial charge >= 0.3 is 0 Å². The molecular formula is C15H19ClO. The molecule has 1 nitrogen and oxygen atoms in total. The summed E-state index contributed by atoms with van der Waals surface area (Å²) < 4.78 is 0. The molecule has 0 amide bonds. The van der Waals surface area contributed by atoms with Gasteiger partial charge in [-0.25, -0.2) is 0 Å². The van der Waals surface area contributed by atoms with Crippen LogP contribution in [0.5, 0.6) is 0 Å². The molecule has 0 aliphatic heterocycles. The summed E-state index contributed by atoms with van der Waals surface area (Å²) in [7, 11) is 0. The third kappa shape index (κ3) is 4.81. The second-order valence-corrected chi connectivity index (χ2v) is 4.60. The number of hydrogen-bond acceptors (Lipinski definition) is 1. The highest BCUT2D eigenvalue weighted by Crippen LogP contribution is 2.17. The number of unbranched alkanes of at least 4 members (excludes halogenated alkanes) is 2. The Morgan fingerprint density at radius 3 is 2.82 bits per heavy atom. The van der Waals surface area contributed by atoms with Crippen LogP contribution in [0.1, 0.15) is 43.7 Å². The standard InChI is InChI=1S/C15H19ClO/c1-3-4-5-8-14(17)11-10-13-7-6-9-15(16)12(13)2/h6-7,9,14,17H,3-5,8H2,1-2H3. The van der Waals surface area contributed by atoms with Gasteiger partial charge in [-0.05, 0) is 37.5 Å². The number of benzene rings is 1. The zero-order chi connectivity index (χ0) is 12.7. The molecule has 0 heterocycles. The molecule has 92 valence electrons. The van der Waals surface area contributed by atoms with Crippen LogP contribution >= 0.6 is 11.6 Å². The molecule has 0 saturated heterocycles. The van der Waals surface area contributed by atoms with Crippen LogP contribution in [0.15, 0.2) is 18.2 Å². The fourth-order valence-corrected chi connectivity index (χ4v) is 1.74. The van der Waals surface area contributed by atoms with Crippen LogP contribution in [-0.2, 0) is 0 Å². The molecule has 1 aromatic rings. The summed E-state index contributed by atoms with van der Waals surface area (Å²) in [5, 5.41) is 10.4. The topological polar surface area (TPSA) is 20.2 Å². The molecule has 0 fully saturated rings. The van der Waals surface area contributed by atoms with E-state index in [2.05, 4.69) is 18.8 Å². The minimum absolute atomic E-state index is 0.528. The third-order valence-corrected chi connectivity index (χ3v) is 3.13. The molecule has 1 rings (SSSR count). The van der Waals surface area contributed by atoms with Gasteiger partial charge in [-0.3, -0.25) is 0 Å². The summed E-state index contributed by atoms with van der Waals surface area (Å²) >= 11 is 6.00. The van der Waals surface area contributed by atoms with Crippen molar-refractivity contribution in [3.8, 4) is 11.8 Å². The van der Waals surface area contributed by atoms with E-state index in [1.54, 1.807) is 0 Å². The zero-order valence-corrected chi connectivity index (χ0v) is 11.2. The minimum Gasteiger partial charge on any atom is -0.380 e.